The van der Waals surface area contributed by atoms with Gasteiger partial charge in [-0.15, -0.1) is 0 Å². The maximum Gasteiger partial charge on any atom is 0.354 e. The van der Waals surface area contributed by atoms with Crippen LogP contribution in [0.25, 0.3) is 0 Å². The van der Waals surface area contributed by atoms with Crippen LogP contribution in [0.3, 0.4) is 0 Å². The summed E-state index contributed by atoms with van der Waals surface area (Å²) in [6.45, 7) is 4.75. The first-order valence-corrected chi connectivity index (χ1v) is 12.8. The van der Waals surface area contributed by atoms with Crippen molar-refractivity contribution in [3.8, 4) is 0 Å². The van der Waals surface area contributed by atoms with Gasteiger partial charge in [0.1, 0.15) is 18.8 Å². The van der Waals surface area contributed by atoms with Gasteiger partial charge >= 0.3 is 29.8 Å². The number of amides is 1. The SMILES string of the molecule is COC(=O)[C@@]1(S(=O)(=O)C(C)=O)C[C@H](OC(C)=O)[C@@H](NC(C)=O)[C@H]([C@H](OC(C)=O)[C@@H](COC(C)=O)OC(C)=O)O1. The van der Waals surface area contributed by atoms with E-state index >= 15 is 0 Å². The first-order valence-electron chi connectivity index (χ1n) is 11.3. The van der Waals surface area contributed by atoms with Crippen molar-refractivity contribution < 1.29 is 70.4 Å². The molecule has 0 aromatic rings. The second-order valence-electron chi connectivity index (χ2n) is 8.42. The van der Waals surface area contributed by atoms with E-state index in [0.29, 0.717) is 6.92 Å². The van der Waals surface area contributed by atoms with Crippen molar-refractivity contribution in [3.05, 3.63) is 0 Å². The van der Waals surface area contributed by atoms with Crippen LogP contribution in [0, 0.1) is 0 Å². The summed E-state index contributed by atoms with van der Waals surface area (Å²) in [6, 6.07) is -1.56. The van der Waals surface area contributed by atoms with Gasteiger partial charge in [-0.05, 0) is 0 Å². The highest BCUT2D eigenvalue weighted by atomic mass is 32.2. The van der Waals surface area contributed by atoms with E-state index < -0.39 is 99.1 Å². The number of esters is 5. The molecule has 0 saturated carbocycles. The second kappa shape index (κ2) is 13.5. The normalized spacial score (nSPS) is 24.2. The van der Waals surface area contributed by atoms with Crippen LogP contribution in [0.15, 0.2) is 0 Å². The van der Waals surface area contributed by atoms with Gasteiger partial charge in [-0.2, -0.15) is 0 Å². The fourth-order valence-corrected chi connectivity index (χ4v) is 5.30. The van der Waals surface area contributed by atoms with E-state index in [-0.39, 0.29) is 0 Å². The third-order valence-corrected chi connectivity index (χ3v) is 7.36. The molecular weight excluding hydrogens is 550 g/mol. The maximum atomic E-state index is 13.3. The third-order valence-electron chi connectivity index (χ3n) is 5.31. The third kappa shape index (κ3) is 8.19. The quantitative estimate of drug-likeness (QED) is 0.228. The molecule has 0 unspecified atom stereocenters. The molecule has 1 fully saturated rings. The number of nitrogens with one attached hydrogen (secondary N) is 1. The lowest BCUT2D eigenvalue weighted by molar-refractivity contribution is -0.225. The van der Waals surface area contributed by atoms with E-state index in [0.717, 1.165) is 41.7 Å². The molecule has 220 valence electrons. The minimum absolute atomic E-state index is 0.630. The fourth-order valence-electron chi connectivity index (χ4n) is 3.91. The lowest BCUT2D eigenvalue weighted by atomic mass is 9.89. The van der Waals surface area contributed by atoms with Crippen LogP contribution >= 0.6 is 0 Å². The fraction of sp³-hybridized carbons (Fsp3) is 0.682. The molecule has 0 aliphatic carbocycles. The highest BCUT2D eigenvalue weighted by Gasteiger charge is 2.65. The van der Waals surface area contributed by atoms with Gasteiger partial charge < -0.3 is 33.7 Å². The van der Waals surface area contributed by atoms with Crippen molar-refractivity contribution in [2.45, 2.75) is 83.4 Å². The maximum absolute atomic E-state index is 13.3. The highest BCUT2D eigenvalue weighted by molar-refractivity contribution is 8.07. The summed E-state index contributed by atoms with van der Waals surface area (Å²) >= 11 is 0. The Labute approximate surface area is 223 Å². The molecule has 1 aliphatic heterocycles. The van der Waals surface area contributed by atoms with Crippen LogP contribution in [0.2, 0.25) is 0 Å². The van der Waals surface area contributed by atoms with Gasteiger partial charge in [-0.3, -0.25) is 28.8 Å². The molecule has 1 amide bonds. The Bertz CT molecular complexity index is 1120. The lowest BCUT2D eigenvalue weighted by Crippen LogP contribution is -2.70. The number of carbonyl (C=O) groups excluding carboxylic acids is 7. The molecule has 39 heavy (non-hydrogen) atoms. The number of carbonyl (C=O) groups is 7. The number of hydrogen-bond donors (Lipinski definition) is 1. The Morgan fingerprint density at radius 1 is 0.897 bits per heavy atom. The number of methoxy groups -OCH3 is 1. The molecule has 0 bridgehead atoms. The summed E-state index contributed by atoms with van der Waals surface area (Å²) < 4.78 is 57.4. The highest BCUT2D eigenvalue weighted by Crippen LogP contribution is 2.40. The van der Waals surface area contributed by atoms with Gasteiger partial charge in [-0.1, -0.05) is 0 Å². The number of hydrogen-bond acceptors (Lipinski definition) is 15. The zero-order valence-electron chi connectivity index (χ0n) is 22.3. The molecular formula is C22H31NO15S. The summed E-state index contributed by atoms with van der Waals surface area (Å²) in [5, 5.41) is 0.841. The van der Waals surface area contributed by atoms with Crippen molar-refractivity contribution >= 4 is 50.7 Å². The van der Waals surface area contributed by atoms with Crippen LogP contribution in [0.5, 0.6) is 0 Å². The molecule has 0 aromatic carbocycles. The smallest absolute Gasteiger partial charge is 0.354 e. The molecule has 0 spiro atoms. The molecule has 1 N–H and O–H groups in total. The number of ether oxygens (including phenoxy) is 6. The largest absolute Gasteiger partial charge is 0.466 e. The van der Waals surface area contributed by atoms with Crippen LogP contribution in [-0.2, 0) is 71.8 Å². The van der Waals surface area contributed by atoms with Gasteiger partial charge in [0.25, 0.3) is 14.8 Å². The summed E-state index contributed by atoms with van der Waals surface area (Å²) in [7, 11) is -4.44. The van der Waals surface area contributed by atoms with E-state index in [1.807, 2.05) is 0 Å². The van der Waals surface area contributed by atoms with Gasteiger partial charge in [0.2, 0.25) is 11.0 Å². The molecule has 16 nitrogen and oxygen atoms in total. The Kier molecular flexibility index (Phi) is 11.5. The predicted octanol–water partition coefficient (Wildman–Crippen LogP) is -1.53. The topological polar surface area (TPSA) is 221 Å². The molecule has 1 aliphatic rings. The van der Waals surface area contributed by atoms with Crippen LogP contribution < -0.4 is 5.32 Å². The second-order valence-corrected chi connectivity index (χ2v) is 10.7. The number of rotatable bonds is 10. The monoisotopic (exact) mass is 581 g/mol. The molecule has 1 saturated heterocycles. The van der Waals surface area contributed by atoms with E-state index in [2.05, 4.69) is 10.1 Å². The molecule has 0 aromatic heterocycles. The molecule has 1 heterocycles. The van der Waals surface area contributed by atoms with Crippen molar-refractivity contribution in [3.63, 3.8) is 0 Å². The first-order chi connectivity index (χ1) is 17.9. The zero-order chi connectivity index (χ0) is 30.3. The Balaban J connectivity index is 4.04. The first kappa shape index (κ1) is 33.4. The summed E-state index contributed by atoms with van der Waals surface area (Å²) in [5.74, 6) is -6.22. The predicted molar refractivity (Wildman–Crippen MR) is 125 cm³/mol. The summed E-state index contributed by atoms with van der Waals surface area (Å²) in [6.07, 6.45) is -8.33. The Morgan fingerprint density at radius 3 is 1.87 bits per heavy atom. The Hall–Kier alpha value is -3.60. The van der Waals surface area contributed by atoms with Gasteiger partial charge in [0.05, 0.1) is 13.2 Å². The van der Waals surface area contributed by atoms with E-state index in [1.165, 1.54) is 0 Å². The minimum Gasteiger partial charge on any atom is -0.466 e. The zero-order valence-corrected chi connectivity index (χ0v) is 23.1. The molecule has 1 rings (SSSR count). The summed E-state index contributed by atoms with van der Waals surface area (Å²) in [5.41, 5.74) is 0. The van der Waals surface area contributed by atoms with Crippen molar-refractivity contribution in [1.82, 2.24) is 5.32 Å². The van der Waals surface area contributed by atoms with Crippen molar-refractivity contribution in [2.24, 2.45) is 0 Å². The van der Waals surface area contributed by atoms with Crippen LogP contribution in [0.1, 0.15) is 48.0 Å². The van der Waals surface area contributed by atoms with Crippen LogP contribution in [-0.4, -0.2) is 98.4 Å². The minimum atomic E-state index is -5.24. The molecule has 6 atom stereocenters. The van der Waals surface area contributed by atoms with Gasteiger partial charge in [-0.25, -0.2) is 13.2 Å². The average molecular weight is 582 g/mol. The number of sulfone groups is 1. The Morgan fingerprint density at radius 2 is 1.46 bits per heavy atom. The van der Waals surface area contributed by atoms with Crippen molar-refractivity contribution in [1.29, 1.82) is 0 Å². The standard InChI is InChI=1S/C22H31NO15S/c1-10(24)23-18-16(35-12(3)26)8-22(21(30)33-7,39(31,32)15(6)29)38-20(18)19(37-14(5)28)17(36-13(4)27)9-34-11(2)25/h16-20H,8-9H2,1-7H3,(H,23,24)/t16-,17+,18+,19+,20+,22-/m0/s1. The van der Waals surface area contributed by atoms with E-state index in [1.54, 1.807) is 0 Å². The van der Waals surface area contributed by atoms with E-state index in [4.69, 9.17) is 23.7 Å². The summed E-state index contributed by atoms with van der Waals surface area (Å²) in [4.78, 5) is 81.6. The molecule has 17 heteroatoms. The molecule has 0 radical (unpaired) electrons. The van der Waals surface area contributed by atoms with E-state index in [9.17, 15) is 42.0 Å². The van der Waals surface area contributed by atoms with Gasteiger partial charge in [0, 0.05) is 48.0 Å². The van der Waals surface area contributed by atoms with Gasteiger partial charge in [0.15, 0.2) is 12.2 Å². The van der Waals surface area contributed by atoms with Crippen molar-refractivity contribution in [2.75, 3.05) is 13.7 Å². The van der Waals surface area contributed by atoms with Crippen LogP contribution in [0.4, 0.5) is 0 Å². The lowest BCUT2D eigenvalue weighted by Gasteiger charge is -2.48. The average Bonchev–Trinajstić information content (AvgIpc) is 2.79.